The van der Waals surface area contributed by atoms with Gasteiger partial charge in [-0.2, -0.15) is 0 Å². The van der Waals surface area contributed by atoms with E-state index in [-0.39, 0.29) is 17.6 Å². The van der Waals surface area contributed by atoms with Crippen molar-refractivity contribution in [1.82, 2.24) is 9.88 Å². The van der Waals surface area contributed by atoms with E-state index in [0.29, 0.717) is 19.5 Å². The van der Waals surface area contributed by atoms with Gasteiger partial charge in [-0.1, -0.05) is 12.1 Å². The molecule has 2 heterocycles. The molecule has 102 valence electrons. The van der Waals surface area contributed by atoms with E-state index in [1.165, 1.54) is 12.1 Å². The van der Waals surface area contributed by atoms with Crippen molar-refractivity contribution in [1.29, 1.82) is 0 Å². The molecule has 1 fully saturated rings. The molecule has 0 aliphatic carbocycles. The molecule has 4 heteroatoms. The van der Waals surface area contributed by atoms with Gasteiger partial charge in [-0.3, -0.25) is 9.78 Å². The second-order valence-corrected chi connectivity index (χ2v) is 5.09. The number of rotatable bonds is 3. The Morgan fingerprint density at radius 3 is 2.80 bits per heavy atom. The molecular weight excluding hydrogens is 255 g/mol. The van der Waals surface area contributed by atoms with Crippen molar-refractivity contribution in [2.75, 3.05) is 6.54 Å². The van der Waals surface area contributed by atoms with Crippen LogP contribution in [0.3, 0.4) is 0 Å². The number of hydrogen-bond donors (Lipinski definition) is 0. The predicted octanol–water partition coefficient (Wildman–Crippen LogP) is 2.74. The smallest absolute Gasteiger partial charge is 0.223 e. The fourth-order valence-corrected chi connectivity index (χ4v) is 2.62. The Bertz CT molecular complexity index is 615. The minimum Gasteiger partial charge on any atom is -0.338 e. The van der Waals surface area contributed by atoms with Crippen LogP contribution < -0.4 is 0 Å². The van der Waals surface area contributed by atoms with Crippen LogP contribution in [-0.4, -0.2) is 22.3 Å². The number of carbonyl (C=O) groups excluding carboxylic acids is 1. The van der Waals surface area contributed by atoms with E-state index in [1.807, 2.05) is 23.1 Å². The zero-order valence-electron chi connectivity index (χ0n) is 11.0. The maximum absolute atomic E-state index is 13.3. The van der Waals surface area contributed by atoms with Crippen LogP contribution in [0.2, 0.25) is 0 Å². The molecule has 0 N–H and O–H groups in total. The first-order valence-corrected chi connectivity index (χ1v) is 6.64. The van der Waals surface area contributed by atoms with Crippen molar-refractivity contribution >= 4 is 5.91 Å². The van der Waals surface area contributed by atoms with E-state index >= 15 is 0 Å². The summed E-state index contributed by atoms with van der Waals surface area (Å²) in [5, 5.41) is 0. The van der Waals surface area contributed by atoms with Crippen molar-refractivity contribution in [2.24, 2.45) is 0 Å². The Labute approximate surface area is 117 Å². The molecule has 1 amide bonds. The Balaban J connectivity index is 1.72. The predicted molar refractivity (Wildman–Crippen MR) is 73.4 cm³/mol. The molecule has 0 saturated carbocycles. The van der Waals surface area contributed by atoms with Crippen molar-refractivity contribution in [3.05, 3.63) is 65.7 Å². The first-order valence-electron chi connectivity index (χ1n) is 6.64. The maximum Gasteiger partial charge on any atom is 0.223 e. The van der Waals surface area contributed by atoms with Gasteiger partial charge in [0.2, 0.25) is 5.91 Å². The van der Waals surface area contributed by atoms with Gasteiger partial charge in [-0.15, -0.1) is 0 Å². The summed E-state index contributed by atoms with van der Waals surface area (Å²) in [6.07, 6.45) is 3.90. The van der Waals surface area contributed by atoms with Gasteiger partial charge >= 0.3 is 0 Å². The first kappa shape index (κ1) is 12.8. The molecular formula is C16H15FN2O. The number of likely N-dealkylation sites (tertiary alicyclic amines) is 1. The molecule has 0 radical (unpaired) electrons. The van der Waals surface area contributed by atoms with Crippen molar-refractivity contribution < 1.29 is 9.18 Å². The average molecular weight is 270 g/mol. The highest BCUT2D eigenvalue weighted by Crippen LogP contribution is 2.29. The van der Waals surface area contributed by atoms with Crippen LogP contribution in [0, 0.1) is 5.82 Å². The molecule has 0 unspecified atom stereocenters. The zero-order valence-corrected chi connectivity index (χ0v) is 11.0. The van der Waals surface area contributed by atoms with E-state index in [4.69, 9.17) is 0 Å². The van der Waals surface area contributed by atoms with Crippen molar-refractivity contribution in [3.8, 4) is 0 Å². The summed E-state index contributed by atoms with van der Waals surface area (Å²) in [6.45, 7) is 1.23. The Kier molecular flexibility index (Phi) is 3.46. The van der Waals surface area contributed by atoms with Gasteiger partial charge in [0.1, 0.15) is 5.82 Å². The van der Waals surface area contributed by atoms with Crippen molar-refractivity contribution in [3.63, 3.8) is 0 Å². The molecule has 1 atom stereocenters. The highest BCUT2D eigenvalue weighted by molar-refractivity contribution is 5.79. The number of halogens is 1. The number of aromatic nitrogens is 1. The second kappa shape index (κ2) is 5.41. The van der Waals surface area contributed by atoms with E-state index < -0.39 is 0 Å². The van der Waals surface area contributed by atoms with Gasteiger partial charge in [-0.25, -0.2) is 4.39 Å². The minimum atomic E-state index is -0.248. The molecule has 0 spiro atoms. The average Bonchev–Trinajstić information content (AvgIpc) is 2.81. The fourth-order valence-electron chi connectivity index (χ4n) is 2.62. The molecule has 1 saturated heterocycles. The Hall–Kier alpha value is -2.23. The third-order valence-electron chi connectivity index (χ3n) is 3.66. The largest absolute Gasteiger partial charge is 0.338 e. The molecule has 3 rings (SSSR count). The lowest BCUT2D eigenvalue weighted by atomic mass is 9.98. The van der Waals surface area contributed by atoms with E-state index in [2.05, 4.69) is 4.98 Å². The molecule has 3 nitrogen and oxygen atoms in total. The van der Waals surface area contributed by atoms with Gasteiger partial charge in [-0.05, 0) is 35.4 Å². The lowest BCUT2D eigenvalue weighted by molar-refractivity contribution is -0.128. The van der Waals surface area contributed by atoms with Crippen LogP contribution in [0.5, 0.6) is 0 Å². The number of nitrogens with zero attached hydrogens (tertiary/aromatic N) is 2. The number of carbonyl (C=O) groups is 1. The lowest BCUT2D eigenvalue weighted by Crippen LogP contribution is -2.24. The van der Waals surface area contributed by atoms with E-state index in [9.17, 15) is 9.18 Å². The minimum absolute atomic E-state index is 0.0834. The standard InChI is InChI=1S/C16H15FN2O/c17-15-3-1-2-13(8-15)14-9-16(20)19(11-14)10-12-4-6-18-7-5-12/h1-8,14H,9-11H2/t14-/m1/s1. The highest BCUT2D eigenvalue weighted by atomic mass is 19.1. The molecule has 1 aromatic carbocycles. The Morgan fingerprint density at radius 2 is 2.05 bits per heavy atom. The highest BCUT2D eigenvalue weighted by Gasteiger charge is 2.30. The summed E-state index contributed by atoms with van der Waals surface area (Å²) in [4.78, 5) is 17.9. The number of benzene rings is 1. The third-order valence-corrected chi connectivity index (χ3v) is 3.66. The van der Waals surface area contributed by atoms with Crippen LogP contribution in [0.15, 0.2) is 48.8 Å². The molecule has 0 bridgehead atoms. The first-order chi connectivity index (χ1) is 9.72. The number of amides is 1. The topological polar surface area (TPSA) is 33.2 Å². The molecule has 20 heavy (non-hydrogen) atoms. The summed E-state index contributed by atoms with van der Waals surface area (Å²) in [5.74, 6) is -0.0429. The molecule has 1 aliphatic heterocycles. The normalized spacial score (nSPS) is 18.6. The van der Waals surface area contributed by atoms with Crippen molar-refractivity contribution in [2.45, 2.75) is 18.9 Å². The Morgan fingerprint density at radius 1 is 1.25 bits per heavy atom. The lowest BCUT2D eigenvalue weighted by Gasteiger charge is -2.16. The fraction of sp³-hybridized carbons (Fsp3) is 0.250. The van der Waals surface area contributed by atoms with E-state index in [0.717, 1.165) is 11.1 Å². The monoisotopic (exact) mass is 270 g/mol. The van der Waals surface area contributed by atoms with Crippen LogP contribution in [0.4, 0.5) is 4.39 Å². The van der Waals surface area contributed by atoms with Crippen LogP contribution >= 0.6 is 0 Å². The van der Waals surface area contributed by atoms with Gasteiger partial charge in [0.15, 0.2) is 0 Å². The molecule has 1 aromatic heterocycles. The summed E-state index contributed by atoms with van der Waals surface area (Å²) in [5.41, 5.74) is 1.96. The summed E-state index contributed by atoms with van der Waals surface area (Å²) in [7, 11) is 0. The van der Waals surface area contributed by atoms with E-state index in [1.54, 1.807) is 18.5 Å². The SMILES string of the molecule is O=C1C[C@@H](c2cccc(F)c2)CN1Cc1ccncc1. The quantitative estimate of drug-likeness (QED) is 0.859. The van der Waals surface area contributed by atoms with Crippen LogP contribution in [-0.2, 0) is 11.3 Å². The second-order valence-electron chi connectivity index (χ2n) is 5.09. The summed E-state index contributed by atoms with van der Waals surface area (Å²) < 4.78 is 13.3. The summed E-state index contributed by atoms with van der Waals surface area (Å²) in [6, 6.07) is 10.3. The molecule has 1 aliphatic rings. The van der Waals surface area contributed by atoms with Crippen LogP contribution in [0.25, 0.3) is 0 Å². The maximum atomic E-state index is 13.3. The summed E-state index contributed by atoms with van der Waals surface area (Å²) >= 11 is 0. The van der Waals surface area contributed by atoms with Crippen LogP contribution in [0.1, 0.15) is 23.5 Å². The third kappa shape index (κ3) is 2.69. The van der Waals surface area contributed by atoms with Gasteiger partial charge in [0.05, 0.1) is 0 Å². The number of hydrogen-bond acceptors (Lipinski definition) is 2. The zero-order chi connectivity index (χ0) is 13.9. The van der Waals surface area contributed by atoms with Gasteiger partial charge in [0, 0.05) is 37.8 Å². The van der Waals surface area contributed by atoms with Gasteiger partial charge < -0.3 is 4.90 Å². The molecule has 2 aromatic rings. The van der Waals surface area contributed by atoms with Gasteiger partial charge in [0.25, 0.3) is 0 Å². The number of pyridine rings is 1.